The van der Waals surface area contributed by atoms with Gasteiger partial charge in [-0.3, -0.25) is 0 Å². The molecule has 2 atom stereocenters. The molecule has 0 amide bonds. The number of allylic oxidation sites excluding steroid dienone is 2. The van der Waals surface area contributed by atoms with E-state index in [1.54, 1.807) is 24.8 Å². The molecule has 2 aliphatic rings. The highest BCUT2D eigenvalue weighted by Gasteiger charge is 2.54. The van der Waals surface area contributed by atoms with E-state index in [9.17, 15) is 0 Å². The Kier molecular flexibility index (Phi) is 3.23. The first kappa shape index (κ1) is 11.2. The van der Waals surface area contributed by atoms with Gasteiger partial charge >= 0.3 is 0 Å². The molecular formula is C15H26. The normalized spacial score (nSPS) is 30.9. The summed E-state index contributed by atoms with van der Waals surface area (Å²) in [5.74, 6) is 1.91. The van der Waals surface area contributed by atoms with Crippen molar-refractivity contribution in [3.05, 3.63) is 11.6 Å². The highest BCUT2D eigenvalue weighted by molar-refractivity contribution is 5.09. The van der Waals surface area contributed by atoms with Crippen molar-refractivity contribution in [1.29, 1.82) is 0 Å². The van der Waals surface area contributed by atoms with Crippen molar-refractivity contribution in [3.63, 3.8) is 0 Å². The van der Waals surface area contributed by atoms with Crippen molar-refractivity contribution < 1.29 is 0 Å². The van der Waals surface area contributed by atoms with E-state index in [2.05, 4.69) is 26.8 Å². The van der Waals surface area contributed by atoms with E-state index in [0.717, 1.165) is 17.3 Å². The van der Waals surface area contributed by atoms with Gasteiger partial charge in [0.2, 0.25) is 0 Å². The molecule has 86 valence electrons. The van der Waals surface area contributed by atoms with Crippen molar-refractivity contribution in [3.8, 4) is 0 Å². The molecule has 0 heteroatoms. The molecule has 15 heavy (non-hydrogen) atoms. The lowest BCUT2D eigenvalue weighted by Crippen LogP contribution is -2.03. The van der Waals surface area contributed by atoms with Crippen molar-refractivity contribution in [1.82, 2.24) is 0 Å². The lowest BCUT2D eigenvalue weighted by Gasteiger charge is -2.14. The third kappa shape index (κ3) is 2.29. The summed E-state index contributed by atoms with van der Waals surface area (Å²) in [6.45, 7) is 6.98. The SMILES string of the molecule is CCC=C(C)C(C)CC1CC12CCCC2. The molecule has 2 saturated carbocycles. The fourth-order valence-electron chi connectivity index (χ4n) is 3.59. The molecule has 0 nitrogen and oxygen atoms in total. The van der Waals surface area contributed by atoms with E-state index in [1.807, 2.05) is 0 Å². The monoisotopic (exact) mass is 206 g/mol. The molecule has 1 spiro atoms. The van der Waals surface area contributed by atoms with Crippen LogP contribution in [0.5, 0.6) is 0 Å². The zero-order valence-corrected chi connectivity index (χ0v) is 10.7. The van der Waals surface area contributed by atoms with E-state index in [1.165, 1.54) is 25.7 Å². The number of hydrogen-bond acceptors (Lipinski definition) is 0. The van der Waals surface area contributed by atoms with Crippen LogP contribution in [0.4, 0.5) is 0 Å². The van der Waals surface area contributed by atoms with Gasteiger partial charge < -0.3 is 0 Å². The average molecular weight is 206 g/mol. The highest BCUT2D eigenvalue weighted by atomic mass is 14.6. The maximum absolute atomic E-state index is 2.42. The molecule has 0 bridgehead atoms. The molecule has 0 heterocycles. The van der Waals surface area contributed by atoms with Crippen LogP contribution in [0.25, 0.3) is 0 Å². The van der Waals surface area contributed by atoms with Crippen LogP contribution in [0, 0.1) is 17.3 Å². The highest BCUT2D eigenvalue weighted by Crippen LogP contribution is 2.65. The van der Waals surface area contributed by atoms with Gasteiger partial charge in [0.1, 0.15) is 0 Å². The first-order chi connectivity index (χ1) is 7.18. The summed E-state index contributed by atoms with van der Waals surface area (Å²) in [6.07, 6.45) is 12.7. The lowest BCUT2D eigenvalue weighted by atomic mass is 9.91. The number of rotatable bonds is 4. The second kappa shape index (κ2) is 4.31. The molecule has 0 radical (unpaired) electrons. The Morgan fingerprint density at radius 1 is 1.40 bits per heavy atom. The van der Waals surface area contributed by atoms with Crippen molar-refractivity contribution in [2.45, 2.75) is 65.7 Å². The van der Waals surface area contributed by atoms with E-state index >= 15 is 0 Å². The molecule has 0 aromatic heterocycles. The van der Waals surface area contributed by atoms with Gasteiger partial charge in [-0.15, -0.1) is 0 Å². The van der Waals surface area contributed by atoms with Gasteiger partial charge in [-0.25, -0.2) is 0 Å². The smallest absolute Gasteiger partial charge is 0.0232 e. The van der Waals surface area contributed by atoms with E-state index in [0.29, 0.717) is 0 Å². The maximum Gasteiger partial charge on any atom is -0.0232 e. The second-order valence-electron chi connectivity index (χ2n) is 5.96. The predicted molar refractivity (Wildman–Crippen MR) is 66.8 cm³/mol. The molecule has 2 unspecified atom stereocenters. The zero-order chi connectivity index (χ0) is 10.9. The van der Waals surface area contributed by atoms with Crippen molar-refractivity contribution in [2.75, 3.05) is 0 Å². The molecule has 2 rings (SSSR count). The van der Waals surface area contributed by atoms with Crippen LogP contribution in [0.1, 0.15) is 65.7 Å². The van der Waals surface area contributed by atoms with Crippen LogP contribution in [-0.4, -0.2) is 0 Å². The fraction of sp³-hybridized carbons (Fsp3) is 0.867. The van der Waals surface area contributed by atoms with E-state index < -0.39 is 0 Å². The van der Waals surface area contributed by atoms with Gasteiger partial charge in [-0.2, -0.15) is 0 Å². The molecule has 0 aliphatic heterocycles. The van der Waals surface area contributed by atoms with Gasteiger partial charge in [0, 0.05) is 0 Å². The van der Waals surface area contributed by atoms with Crippen LogP contribution < -0.4 is 0 Å². The van der Waals surface area contributed by atoms with Crippen LogP contribution in [0.2, 0.25) is 0 Å². The second-order valence-corrected chi connectivity index (χ2v) is 5.96. The van der Waals surface area contributed by atoms with Crippen LogP contribution in [-0.2, 0) is 0 Å². The molecule has 0 N–H and O–H groups in total. The quantitative estimate of drug-likeness (QED) is 0.571. The predicted octanol–water partition coefficient (Wildman–Crippen LogP) is 4.95. The Bertz CT molecular complexity index is 243. The Balaban J connectivity index is 1.81. The first-order valence-electron chi connectivity index (χ1n) is 6.84. The zero-order valence-electron chi connectivity index (χ0n) is 10.7. The van der Waals surface area contributed by atoms with Gasteiger partial charge in [0.15, 0.2) is 0 Å². The molecule has 0 aromatic carbocycles. The summed E-state index contributed by atoms with van der Waals surface area (Å²) in [5, 5.41) is 0. The lowest BCUT2D eigenvalue weighted by molar-refractivity contribution is 0.423. The number of hydrogen-bond donors (Lipinski definition) is 0. The first-order valence-corrected chi connectivity index (χ1v) is 6.84. The molecular weight excluding hydrogens is 180 g/mol. The topological polar surface area (TPSA) is 0 Å². The average Bonchev–Trinajstić information content (AvgIpc) is 2.64. The minimum atomic E-state index is 0.829. The van der Waals surface area contributed by atoms with E-state index in [4.69, 9.17) is 0 Å². The van der Waals surface area contributed by atoms with Gasteiger partial charge in [-0.05, 0) is 56.3 Å². The Morgan fingerprint density at radius 3 is 2.67 bits per heavy atom. The molecule has 0 aromatic rings. The minimum Gasteiger partial charge on any atom is -0.0856 e. The maximum atomic E-state index is 2.42. The Labute approximate surface area is 95.1 Å². The van der Waals surface area contributed by atoms with Gasteiger partial charge in [0.05, 0.1) is 0 Å². The summed E-state index contributed by atoms with van der Waals surface area (Å²) < 4.78 is 0. The van der Waals surface area contributed by atoms with Crippen LogP contribution in [0.15, 0.2) is 11.6 Å². The van der Waals surface area contributed by atoms with Crippen molar-refractivity contribution in [2.24, 2.45) is 17.3 Å². The van der Waals surface area contributed by atoms with Crippen LogP contribution in [0.3, 0.4) is 0 Å². The summed E-state index contributed by atoms with van der Waals surface area (Å²) in [6, 6.07) is 0. The minimum absolute atomic E-state index is 0.829. The largest absolute Gasteiger partial charge is 0.0856 e. The Hall–Kier alpha value is -0.260. The molecule has 0 saturated heterocycles. The van der Waals surface area contributed by atoms with Gasteiger partial charge in [-0.1, -0.05) is 38.3 Å². The fourth-order valence-corrected chi connectivity index (χ4v) is 3.59. The van der Waals surface area contributed by atoms with Crippen LogP contribution >= 0.6 is 0 Å². The summed E-state index contributed by atoms with van der Waals surface area (Å²) in [4.78, 5) is 0. The Morgan fingerprint density at radius 2 is 2.07 bits per heavy atom. The van der Waals surface area contributed by atoms with Crippen molar-refractivity contribution >= 4 is 0 Å². The summed E-state index contributed by atoms with van der Waals surface area (Å²) in [5.41, 5.74) is 2.47. The molecule has 2 fully saturated rings. The third-order valence-corrected chi connectivity index (χ3v) is 4.90. The third-order valence-electron chi connectivity index (χ3n) is 4.90. The standard InChI is InChI=1S/C15H26/c1-4-7-12(2)13(3)10-14-11-15(14)8-5-6-9-15/h7,13-14H,4-6,8-11H2,1-3H3. The summed E-state index contributed by atoms with van der Waals surface area (Å²) in [7, 11) is 0. The van der Waals surface area contributed by atoms with E-state index in [-0.39, 0.29) is 0 Å². The molecule has 2 aliphatic carbocycles. The summed E-state index contributed by atoms with van der Waals surface area (Å²) >= 11 is 0. The van der Waals surface area contributed by atoms with Gasteiger partial charge in [0.25, 0.3) is 0 Å².